The molecule has 1 unspecified atom stereocenters. The van der Waals surface area contributed by atoms with E-state index < -0.39 is 11.8 Å². The number of para-hydroxylation sites is 2. The first-order chi connectivity index (χ1) is 11.0. The Morgan fingerprint density at radius 3 is 2.35 bits per heavy atom. The fourth-order valence-electron chi connectivity index (χ4n) is 2.97. The van der Waals surface area contributed by atoms with Crippen molar-refractivity contribution < 1.29 is 14.0 Å². The molecule has 122 valence electrons. The highest BCUT2D eigenvalue weighted by Gasteiger charge is 2.28. The molecule has 0 radical (unpaired) electrons. The Hall–Kier alpha value is -2.57. The third-order valence-electron chi connectivity index (χ3n) is 4.30. The van der Waals surface area contributed by atoms with Crippen LogP contribution in [0.15, 0.2) is 33.5 Å². The molecule has 2 aromatic rings. The number of carbonyl (C=O) groups is 2. The van der Waals surface area contributed by atoms with E-state index in [0.717, 1.165) is 0 Å². The number of benzene rings is 1. The molecule has 1 aliphatic heterocycles. The Balaban J connectivity index is 1.81. The summed E-state index contributed by atoms with van der Waals surface area (Å²) in [7, 11) is 0. The topological polar surface area (TPSA) is 75.8 Å². The van der Waals surface area contributed by atoms with Crippen molar-refractivity contribution in [3.8, 4) is 0 Å². The lowest BCUT2D eigenvalue weighted by molar-refractivity contribution is -0.140. The first-order valence-corrected chi connectivity index (χ1v) is 7.63. The van der Waals surface area contributed by atoms with E-state index in [1.165, 1.54) is 11.5 Å². The molecule has 1 fully saturated rings. The van der Waals surface area contributed by atoms with E-state index in [2.05, 4.69) is 0 Å². The van der Waals surface area contributed by atoms with E-state index >= 15 is 0 Å². The van der Waals surface area contributed by atoms with Crippen LogP contribution in [-0.4, -0.2) is 52.4 Å². The molecule has 7 nitrogen and oxygen atoms in total. The second kappa shape index (κ2) is 5.91. The van der Waals surface area contributed by atoms with E-state index in [0.29, 0.717) is 37.3 Å². The van der Waals surface area contributed by atoms with Gasteiger partial charge in [-0.1, -0.05) is 12.1 Å². The van der Waals surface area contributed by atoms with Gasteiger partial charge in [0, 0.05) is 33.1 Å². The summed E-state index contributed by atoms with van der Waals surface area (Å²) in [4.78, 5) is 39.5. The molecule has 2 amide bonds. The maximum absolute atomic E-state index is 12.7. The van der Waals surface area contributed by atoms with Crippen molar-refractivity contribution in [1.29, 1.82) is 0 Å². The minimum Gasteiger partial charge on any atom is -0.408 e. The fourth-order valence-corrected chi connectivity index (χ4v) is 2.97. The van der Waals surface area contributed by atoms with Crippen LogP contribution in [0.3, 0.4) is 0 Å². The second-order valence-electron chi connectivity index (χ2n) is 5.71. The minimum absolute atomic E-state index is 0.0159. The van der Waals surface area contributed by atoms with Crippen LogP contribution < -0.4 is 5.76 Å². The van der Waals surface area contributed by atoms with Gasteiger partial charge in [-0.2, -0.15) is 0 Å². The third kappa shape index (κ3) is 2.74. The molecule has 23 heavy (non-hydrogen) atoms. The highest BCUT2D eigenvalue weighted by atomic mass is 16.4. The molecule has 0 N–H and O–H groups in total. The summed E-state index contributed by atoms with van der Waals surface area (Å²) in [5.41, 5.74) is 1.08. The first-order valence-electron chi connectivity index (χ1n) is 7.63. The van der Waals surface area contributed by atoms with Crippen molar-refractivity contribution in [1.82, 2.24) is 14.4 Å². The van der Waals surface area contributed by atoms with Crippen molar-refractivity contribution in [2.45, 2.75) is 19.9 Å². The van der Waals surface area contributed by atoms with Crippen molar-refractivity contribution in [2.75, 3.05) is 26.2 Å². The van der Waals surface area contributed by atoms with Gasteiger partial charge in [-0.15, -0.1) is 0 Å². The summed E-state index contributed by atoms with van der Waals surface area (Å²) in [6.07, 6.45) is 0. The van der Waals surface area contributed by atoms with Crippen LogP contribution >= 0.6 is 0 Å². The molecular weight excluding hydrogens is 298 g/mol. The third-order valence-corrected chi connectivity index (χ3v) is 4.30. The standard InChI is InChI=1S/C16H19N3O4/c1-11(15(21)18-9-7-17(8-10-18)12(2)20)19-13-5-3-4-6-14(13)23-16(19)22/h3-6,11H,7-10H2,1-2H3. The highest BCUT2D eigenvalue weighted by Crippen LogP contribution is 2.18. The fraction of sp³-hybridized carbons (Fsp3) is 0.438. The van der Waals surface area contributed by atoms with Crippen LogP contribution in [0.25, 0.3) is 11.1 Å². The molecule has 1 aromatic carbocycles. The van der Waals surface area contributed by atoms with E-state index in [-0.39, 0.29) is 11.8 Å². The van der Waals surface area contributed by atoms with Gasteiger partial charge >= 0.3 is 5.76 Å². The number of piperazine rings is 1. The summed E-state index contributed by atoms with van der Waals surface area (Å²) in [5, 5.41) is 0. The van der Waals surface area contributed by atoms with Gasteiger partial charge in [0.1, 0.15) is 6.04 Å². The summed E-state index contributed by atoms with van der Waals surface area (Å²) in [5.74, 6) is -0.654. The Bertz CT molecular complexity index is 799. The van der Waals surface area contributed by atoms with Crippen molar-refractivity contribution in [3.05, 3.63) is 34.8 Å². The molecule has 1 saturated heterocycles. The lowest BCUT2D eigenvalue weighted by atomic mass is 10.2. The number of fused-ring (bicyclic) bond motifs is 1. The molecule has 0 bridgehead atoms. The van der Waals surface area contributed by atoms with E-state index in [1.54, 1.807) is 41.0 Å². The van der Waals surface area contributed by atoms with Gasteiger partial charge < -0.3 is 14.2 Å². The van der Waals surface area contributed by atoms with Crippen LogP contribution in [0.5, 0.6) is 0 Å². The zero-order valence-electron chi connectivity index (χ0n) is 13.2. The second-order valence-corrected chi connectivity index (χ2v) is 5.71. The number of nitrogens with zero attached hydrogens (tertiary/aromatic N) is 3. The Labute approximate surface area is 133 Å². The lowest BCUT2D eigenvalue weighted by Crippen LogP contribution is -2.51. The van der Waals surface area contributed by atoms with Crippen LogP contribution in [0.2, 0.25) is 0 Å². The van der Waals surface area contributed by atoms with Crippen LogP contribution in [0.1, 0.15) is 19.9 Å². The van der Waals surface area contributed by atoms with Crippen molar-refractivity contribution in [2.24, 2.45) is 0 Å². The number of carbonyl (C=O) groups excluding carboxylic acids is 2. The molecule has 7 heteroatoms. The van der Waals surface area contributed by atoms with Gasteiger partial charge in [-0.3, -0.25) is 14.2 Å². The smallest absolute Gasteiger partial charge is 0.408 e. The van der Waals surface area contributed by atoms with Gasteiger partial charge in [0.05, 0.1) is 5.52 Å². The van der Waals surface area contributed by atoms with E-state index in [1.807, 2.05) is 0 Å². The van der Waals surface area contributed by atoms with E-state index in [4.69, 9.17) is 4.42 Å². The SMILES string of the molecule is CC(=O)N1CCN(C(=O)C(C)n2c(=O)oc3ccccc32)CC1. The number of amides is 2. The molecule has 0 spiro atoms. The first kappa shape index (κ1) is 15.3. The molecule has 2 heterocycles. The number of hydrogen-bond acceptors (Lipinski definition) is 4. The molecule has 1 aromatic heterocycles. The zero-order valence-corrected chi connectivity index (χ0v) is 13.2. The van der Waals surface area contributed by atoms with Crippen LogP contribution in [0, 0.1) is 0 Å². The Kier molecular flexibility index (Phi) is 3.94. The lowest BCUT2D eigenvalue weighted by Gasteiger charge is -2.35. The Morgan fingerprint density at radius 1 is 1.09 bits per heavy atom. The average Bonchev–Trinajstić information content (AvgIpc) is 2.89. The predicted molar refractivity (Wildman–Crippen MR) is 84.0 cm³/mol. The Morgan fingerprint density at radius 2 is 1.70 bits per heavy atom. The number of hydrogen-bond donors (Lipinski definition) is 0. The largest absolute Gasteiger partial charge is 0.420 e. The average molecular weight is 317 g/mol. The quantitative estimate of drug-likeness (QED) is 0.823. The van der Waals surface area contributed by atoms with Gasteiger partial charge in [0.25, 0.3) is 0 Å². The summed E-state index contributed by atoms with van der Waals surface area (Å²) in [6, 6.07) is 6.41. The van der Waals surface area contributed by atoms with Crippen molar-refractivity contribution in [3.63, 3.8) is 0 Å². The molecule has 1 aliphatic rings. The highest BCUT2D eigenvalue weighted by molar-refractivity contribution is 5.83. The summed E-state index contributed by atoms with van der Waals surface area (Å²) >= 11 is 0. The number of aromatic nitrogens is 1. The molecule has 0 aliphatic carbocycles. The monoisotopic (exact) mass is 317 g/mol. The molecule has 1 atom stereocenters. The number of oxazole rings is 1. The van der Waals surface area contributed by atoms with Crippen LogP contribution in [0.4, 0.5) is 0 Å². The van der Waals surface area contributed by atoms with Gasteiger partial charge in [0.15, 0.2) is 5.58 Å². The molecular formula is C16H19N3O4. The van der Waals surface area contributed by atoms with Gasteiger partial charge in [0.2, 0.25) is 11.8 Å². The number of rotatable bonds is 2. The minimum atomic E-state index is -0.643. The predicted octanol–water partition coefficient (Wildman–Crippen LogP) is 0.846. The molecule has 3 rings (SSSR count). The van der Waals surface area contributed by atoms with E-state index in [9.17, 15) is 14.4 Å². The molecule has 0 saturated carbocycles. The summed E-state index contributed by atoms with van der Waals surface area (Å²) in [6.45, 7) is 5.23. The van der Waals surface area contributed by atoms with Gasteiger partial charge in [-0.25, -0.2) is 4.79 Å². The van der Waals surface area contributed by atoms with Gasteiger partial charge in [-0.05, 0) is 19.1 Å². The van der Waals surface area contributed by atoms with Crippen molar-refractivity contribution >= 4 is 22.9 Å². The zero-order chi connectivity index (χ0) is 16.6. The normalized spacial score (nSPS) is 16.6. The maximum atomic E-state index is 12.7. The van der Waals surface area contributed by atoms with Crippen LogP contribution in [-0.2, 0) is 9.59 Å². The summed E-state index contributed by atoms with van der Waals surface area (Å²) < 4.78 is 6.57. The maximum Gasteiger partial charge on any atom is 0.420 e.